The van der Waals surface area contributed by atoms with E-state index in [1.807, 2.05) is 18.2 Å². The molecule has 0 saturated carbocycles. The summed E-state index contributed by atoms with van der Waals surface area (Å²) in [5, 5.41) is 3.04. The van der Waals surface area contributed by atoms with E-state index < -0.39 is 0 Å². The monoisotopic (exact) mass is 256 g/mol. The Bertz CT molecular complexity index is 439. The average molecular weight is 257 g/mol. The van der Waals surface area contributed by atoms with Crippen LogP contribution >= 0.6 is 12.4 Å². The third kappa shape index (κ3) is 2.16. The Morgan fingerprint density at radius 1 is 1.24 bits per heavy atom. The SMILES string of the molecule is Cl.O=C1CNCCN1c1ccc2c(c1)OCO2. The van der Waals surface area contributed by atoms with Gasteiger partial charge in [-0.2, -0.15) is 0 Å². The van der Waals surface area contributed by atoms with Crippen LogP contribution in [0.15, 0.2) is 18.2 Å². The molecule has 2 heterocycles. The van der Waals surface area contributed by atoms with Crippen molar-refractivity contribution in [2.45, 2.75) is 0 Å². The minimum absolute atomic E-state index is 0. The van der Waals surface area contributed by atoms with Gasteiger partial charge in [0, 0.05) is 24.8 Å². The molecule has 1 amide bonds. The van der Waals surface area contributed by atoms with Gasteiger partial charge in [-0.3, -0.25) is 4.79 Å². The van der Waals surface area contributed by atoms with Crippen molar-refractivity contribution in [3.63, 3.8) is 0 Å². The predicted molar refractivity (Wildman–Crippen MR) is 65.0 cm³/mol. The van der Waals surface area contributed by atoms with Gasteiger partial charge in [0.1, 0.15) is 0 Å². The van der Waals surface area contributed by atoms with Crippen LogP contribution in [0.4, 0.5) is 5.69 Å². The van der Waals surface area contributed by atoms with Crippen molar-refractivity contribution in [2.75, 3.05) is 31.3 Å². The number of halogens is 1. The molecule has 0 radical (unpaired) electrons. The molecule has 92 valence electrons. The van der Waals surface area contributed by atoms with E-state index in [0.29, 0.717) is 18.8 Å². The number of benzene rings is 1. The summed E-state index contributed by atoms with van der Waals surface area (Å²) in [5.41, 5.74) is 0.871. The molecule has 1 fully saturated rings. The predicted octanol–water partition coefficient (Wildman–Crippen LogP) is 0.773. The van der Waals surface area contributed by atoms with Crippen LogP contribution in [0.3, 0.4) is 0 Å². The Hall–Kier alpha value is -1.46. The number of carbonyl (C=O) groups excluding carboxylic acids is 1. The molecule has 5 nitrogen and oxygen atoms in total. The van der Waals surface area contributed by atoms with Gasteiger partial charge in [0.2, 0.25) is 12.7 Å². The molecular formula is C11H13ClN2O3. The summed E-state index contributed by atoms with van der Waals surface area (Å²) in [4.78, 5) is 13.4. The van der Waals surface area contributed by atoms with Crippen LogP contribution in [0.1, 0.15) is 0 Å². The number of nitrogens with zero attached hydrogens (tertiary/aromatic N) is 1. The highest BCUT2D eigenvalue weighted by molar-refractivity contribution is 5.95. The lowest BCUT2D eigenvalue weighted by Gasteiger charge is -2.27. The first-order valence-electron chi connectivity index (χ1n) is 5.25. The van der Waals surface area contributed by atoms with Gasteiger partial charge in [-0.1, -0.05) is 0 Å². The second-order valence-electron chi connectivity index (χ2n) is 3.76. The van der Waals surface area contributed by atoms with Crippen molar-refractivity contribution in [3.05, 3.63) is 18.2 Å². The van der Waals surface area contributed by atoms with Crippen LogP contribution in [0.5, 0.6) is 11.5 Å². The largest absolute Gasteiger partial charge is 0.454 e. The third-order valence-corrected chi connectivity index (χ3v) is 2.76. The van der Waals surface area contributed by atoms with E-state index in [9.17, 15) is 4.79 Å². The van der Waals surface area contributed by atoms with E-state index in [1.165, 1.54) is 0 Å². The van der Waals surface area contributed by atoms with Crippen LogP contribution in [0.2, 0.25) is 0 Å². The highest BCUT2D eigenvalue weighted by Gasteiger charge is 2.21. The molecule has 0 atom stereocenters. The van der Waals surface area contributed by atoms with Crippen LogP contribution in [-0.4, -0.2) is 32.3 Å². The normalized spacial score (nSPS) is 17.9. The summed E-state index contributed by atoms with van der Waals surface area (Å²) >= 11 is 0. The van der Waals surface area contributed by atoms with Gasteiger partial charge < -0.3 is 19.7 Å². The molecule has 1 N–H and O–H groups in total. The molecule has 1 aromatic rings. The number of piperazine rings is 1. The Morgan fingerprint density at radius 2 is 2.06 bits per heavy atom. The van der Waals surface area contributed by atoms with Crippen LogP contribution in [-0.2, 0) is 4.79 Å². The number of fused-ring (bicyclic) bond motifs is 1. The number of rotatable bonds is 1. The van der Waals surface area contributed by atoms with Gasteiger partial charge in [0.15, 0.2) is 11.5 Å². The number of nitrogens with one attached hydrogen (secondary N) is 1. The van der Waals surface area contributed by atoms with Gasteiger partial charge in [0.25, 0.3) is 0 Å². The van der Waals surface area contributed by atoms with Crippen molar-refractivity contribution in [1.82, 2.24) is 5.32 Å². The molecule has 2 aliphatic heterocycles. The smallest absolute Gasteiger partial charge is 0.240 e. The first-order chi connectivity index (χ1) is 7.84. The van der Waals surface area contributed by atoms with Crippen molar-refractivity contribution in [3.8, 4) is 11.5 Å². The Kier molecular flexibility index (Phi) is 3.40. The zero-order valence-electron chi connectivity index (χ0n) is 9.14. The van der Waals surface area contributed by atoms with Crippen molar-refractivity contribution < 1.29 is 14.3 Å². The number of carbonyl (C=O) groups is 1. The molecule has 0 unspecified atom stereocenters. The quantitative estimate of drug-likeness (QED) is 0.807. The van der Waals surface area contributed by atoms with E-state index in [2.05, 4.69) is 5.32 Å². The summed E-state index contributed by atoms with van der Waals surface area (Å²) < 4.78 is 10.5. The highest BCUT2D eigenvalue weighted by atomic mass is 35.5. The van der Waals surface area contributed by atoms with Gasteiger partial charge in [0.05, 0.1) is 6.54 Å². The third-order valence-electron chi connectivity index (χ3n) is 2.76. The zero-order valence-corrected chi connectivity index (χ0v) is 9.96. The fourth-order valence-corrected chi connectivity index (χ4v) is 1.93. The van der Waals surface area contributed by atoms with Crippen LogP contribution < -0.4 is 19.7 Å². The van der Waals surface area contributed by atoms with Gasteiger partial charge >= 0.3 is 0 Å². The Balaban J connectivity index is 0.00000108. The van der Waals surface area contributed by atoms with Gasteiger partial charge in [-0.05, 0) is 12.1 Å². The maximum atomic E-state index is 11.7. The highest BCUT2D eigenvalue weighted by Crippen LogP contribution is 2.35. The zero-order chi connectivity index (χ0) is 11.0. The lowest BCUT2D eigenvalue weighted by atomic mass is 10.2. The van der Waals surface area contributed by atoms with E-state index in [4.69, 9.17) is 9.47 Å². The maximum absolute atomic E-state index is 11.7. The summed E-state index contributed by atoms with van der Waals surface area (Å²) in [5.74, 6) is 1.54. The molecule has 0 aliphatic carbocycles. The van der Waals surface area contributed by atoms with Crippen LogP contribution in [0, 0.1) is 0 Å². The maximum Gasteiger partial charge on any atom is 0.240 e. The minimum Gasteiger partial charge on any atom is -0.454 e. The molecule has 3 rings (SSSR count). The molecule has 6 heteroatoms. The molecule has 2 aliphatic rings. The number of anilines is 1. The molecule has 0 spiro atoms. The number of hydrogen-bond donors (Lipinski definition) is 1. The molecular weight excluding hydrogens is 244 g/mol. The first kappa shape index (κ1) is 12.0. The second kappa shape index (κ2) is 4.81. The Labute approximate surface area is 105 Å². The number of ether oxygens (including phenoxy) is 2. The second-order valence-corrected chi connectivity index (χ2v) is 3.76. The summed E-state index contributed by atoms with van der Waals surface area (Å²) in [7, 11) is 0. The summed E-state index contributed by atoms with van der Waals surface area (Å²) in [6.45, 7) is 2.17. The Morgan fingerprint density at radius 3 is 2.88 bits per heavy atom. The fraction of sp³-hybridized carbons (Fsp3) is 0.364. The first-order valence-corrected chi connectivity index (χ1v) is 5.25. The van der Waals surface area contributed by atoms with E-state index in [-0.39, 0.29) is 25.1 Å². The topological polar surface area (TPSA) is 50.8 Å². The molecule has 0 aromatic heterocycles. The lowest BCUT2D eigenvalue weighted by Crippen LogP contribution is -2.48. The van der Waals surface area contributed by atoms with E-state index in [0.717, 1.165) is 18.0 Å². The van der Waals surface area contributed by atoms with Crippen molar-refractivity contribution in [2.24, 2.45) is 0 Å². The summed E-state index contributed by atoms with van der Waals surface area (Å²) in [6.07, 6.45) is 0. The molecule has 1 aromatic carbocycles. The van der Waals surface area contributed by atoms with Gasteiger partial charge in [-0.15, -0.1) is 12.4 Å². The molecule has 17 heavy (non-hydrogen) atoms. The molecule has 0 bridgehead atoms. The standard InChI is InChI=1S/C11H12N2O3.ClH/c14-11-6-12-3-4-13(11)8-1-2-9-10(5-8)16-7-15-9;/h1-2,5,12H,3-4,6-7H2;1H. The minimum atomic E-state index is 0. The number of hydrogen-bond acceptors (Lipinski definition) is 4. The van der Waals surface area contributed by atoms with E-state index in [1.54, 1.807) is 4.90 Å². The van der Waals surface area contributed by atoms with Crippen molar-refractivity contribution in [1.29, 1.82) is 0 Å². The van der Waals surface area contributed by atoms with Gasteiger partial charge in [-0.25, -0.2) is 0 Å². The lowest BCUT2D eigenvalue weighted by molar-refractivity contribution is -0.118. The van der Waals surface area contributed by atoms with Crippen molar-refractivity contribution >= 4 is 24.0 Å². The molecule has 1 saturated heterocycles. The van der Waals surface area contributed by atoms with E-state index >= 15 is 0 Å². The van der Waals surface area contributed by atoms with Crippen LogP contribution in [0.25, 0.3) is 0 Å². The summed E-state index contributed by atoms with van der Waals surface area (Å²) in [6, 6.07) is 5.58. The average Bonchev–Trinajstić information content (AvgIpc) is 2.76. The fourth-order valence-electron chi connectivity index (χ4n) is 1.93. The number of amides is 1.